The van der Waals surface area contributed by atoms with Gasteiger partial charge in [0.25, 0.3) is 0 Å². The fraction of sp³-hybridized carbons (Fsp3) is 0.333. The van der Waals surface area contributed by atoms with Crippen molar-refractivity contribution in [1.29, 1.82) is 0 Å². The molecule has 0 aromatic carbocycles. The molecule has 1 atom stereocenters. The third-order valence-corrected chi connectivity index (χ3v) is 3.47. The number of methoxy groups -OCH3 is 2. The number of carbonyl (C=O) groups is 2. The van der Waals surface area contributed by atoms with E-state index in [1.165, 1.54) is 14.2 Å². The minimum absolute atomic E-state index is 0.259. The molecule has 0 saturated heterocycles. The molecule has 0 N–H and O–H groups in total. The predicted molar refractivity (Wildman–Crippen MR) is 70.1 cm³/mol. The van der Waals surface area contributed by atoms with Gasteiger partial charge in [-0.2, -0.15) is 0 Å². The summed E-state index contributed by atoms with van der Waals surface area (Å²) in [7, 11) is 2.79. The third kappa shape index (κ3) is 1.67. The van der Waals surface area contributed by atoms with Crippen molar-refractivity contribution >= 4 is 11.8 Å². The Hall–Kier alpha value is -2.10. The lowest BCUT2D eigenvalue weighted by Crippen LogP contribution is -2.37. The van der Waals surface area contributed by atoms with Crippen LogP contribution in [0.1, 0.15) is 13.3 Å². The van der Waals surface area contributed by atoms with Crippen molar-refractivity contribution in [2.45, 2.75) is 13.3 Å². The maximum atomic E-state index is 12.7. The van der Waals surface area contributed by atoms with Crippen LogP contribution in [-0.2, 0) is 19.1 Å². The van der Waals surface area contributed by atoms with E-state index in [1.54, 1.807) is 30.4 Å². The van der Waals surface area contributed by atoms with Gasteiger partial charge in [0, 0.05) is 11.1 Å². The topological polar surface area (TPSA) is 52.6 Å². The number of fused-ring (bicyclic) bond motifs is 1. The number of rotatable bonds is 3. The van der Waals surface area contributed by atoms with Gasteiger partial charge < -0.3 is 9.47 Å². The molecular formula is C15H16O4. The van der Waals surface area contributed by atoms with E-state index in [-0.39, 0.29) is 5.78 Å². The number of carbonyl (C=O) groups excluding carboxylic acids is 2. The van der Waals surface area contributed by atoms with Crippen molar-refractivity contribution in [3.05, 3.63) is 47.3 Å². The average molecular weight is 260 g/mol. The highest BCUT2D eigenvalue weighted by molar-refractivity contribution is 6.20. The predicted octanol–water partition coefficient (Wildman–Crippen LogP) is 2.09. The van der Waals surface area contributed by atoms with Crippen LogP contribution in [0.3, 0.4) is 0 Å². The maximum Gasteiger partial charge on any atom is 0.328 e. The number of hydrogen-bond donors (Lipinski definition) is 0. The first-order valence-corrected chi connectivity index (χ1v) is 6.10. The van der Waals surface area contributed by atoms with Gasteiger partial charge in [0.15, 0.2) is 11.2 Å². The first kappa shape index (κ1) is 13.3. The molecule has 0 amide bonds. The molecule has 19 heavy (non-hydrogen) atoms. The van der Waals surface area contributed by atoms with Crippen LogP contribution in [0.15, 0.2) is 47.3 Å². The van der Waals surface area contributed by atoms with Gasteiger partial charge >= 0.3 is 5.97 Å². The van der Waals surface area contributed by atoms with Gasteiger partial charge in [-0.15, -0.1) is 0 Å². The highest BCUT2D eigenvalue weighted by atomic mass is 16.5. The van der Waals surface area contributed by atoms with Crippen molar-refractivity contribution < 1.29 is 19.1 Å². The molecule has 2 aliphatic rings. The van der Waals surface area contributed by atoms with Crippen LogP contribution in [-0.4, -0.2) is 26.0 Å². The molecule has 0 radical (unpaired) electrons. The van der Waals surface area contributed by atoms with Crippen molar-refractivity contribution in [2.24, 2.45) is 5.41 Å². The zero-order chi connectivity index (χ0) is 14.0. The van der Waals surface area contributed by atoms with Gasteiger partial charge in [0.2, 0.25) is 0 Å². The Morgan fingerprint density at radius 2 is 2.00 bits per heavy atom. The molecule has 0 saturated carbocycles. The summed E-state index contributed by atoms with van der Waals surface area (Å²) in [4.78, 5) is 24.9. The lowest BCUT2D eigenvalue weighted by Gasteiger charge is -2.23. The van der Waals surface area contributed by atoms with Crippen LogP contribution in [0.2, 0.25) is 0 Å². The third-order valence-electron chi connectivity index (χ3n) is 3.47. The van der Waals surface area contributed by atoms with E-state index in [4.69, 9.17) is 9.47 Å². The van der Waals surface area contributed by atoms with Crippen LogP contribution < -0.4 is 0 Å². The zero-order valence-electron chi connectivity index (χ0n) is 11.2. The molecule has 0 fully saturated rings. The molecule has 0 heterocycles. The number of allylic oxidation sites excluding steroid dienone is 6. The monoisotopic (exact) mass is 260 g/mol. The Bertz CT molecular complexity index is 548. The summed E-state index contributed by atoms with van der Waals surface area (Å²) in [6.07, 6.45) is 9.05. The first-order chi connectivity index (χ1) is 9.13. The van der Waals surface area contributed by atoms with E-state index in [9.17, 15) is 9.59 Å². The summed E-state index contributed by atoms with van der Waals surface area (Å²) in [5, 5.41) is 0. The smallest absolute Gasteiger partial charge is 0.328 e. The molecule has 1 unspecified atom stereocenters. The Balaban J connectivity index is 2.71. The van der Waals surface area contributed by atoms with Gasteiger partial charge in [-0.05, 0) is 6.42 Å². The lowest BCUT2D eigenvalue weighted by molar-refractivity contribution is -0.150. The number of ether oxygens (including phenoxy) is 2. The summed E-state index contributed by atoms with van der Waals surface area (Å²) in [5.74, 6) is -0.360. The fourth-order valence-corrected chi connectivity index (χ4v) is 2.58. The molecule has 0 aromatic heterocycles. The van der Waals surface area contributed by atoms with Crippen LogP contribution in [0.4, 0.5) is 0 Å². The standard InChI is InChI=1S/C15H16O4/c1-4-10-12(18-2)11-8-6-5-7-9-15(11,13(10)16)14(17)19-3/h5-9H,4H2,1-3H3. The second-order valence-electron chi connectivity index (χ2n) is 4.32. The number of Topliss-reactive ketones (excluding diaryl/α,β-unsaturated/α-hetero) is 1. The quantitative estimate of drug-likeness (QED) is 0.576. The highest BCUT2D eigenvalue weighted by Crippen LogP contribution is 2.47. The summed E-state index contributed by atoms with van der Waals surface area (Å²) in [6, 6.07) is 0. The zero-order valence-corrected chi connectivity index (χ0v) is 11.2. The molecule has 4 heteroatoms. The lowest BCUT2D eigenvalue weighted by atomic mass is 9.79. The number of hydrogen-bond acceptors (Lipinski definition) is 4. The molecule has 0 aromatic rings. The Labute approximate surface area is 112 Å². The number of esters is 1. The molecule has 100 valence electrons. The van der Waals surface area contributed by atoms with Crippen molar-refractivity contribution in [1.82, 2.24) is 0 Å². The SMILES string of the molecule is CCC1=C(OC)C2=CC=CC=CC2(C(=O)OC)C1=O. The first-order valence-electron chi connectivity index (χ1n) is 6.10. The molecular weight excluding hydrogens is 244 g/mol. The Morgan fingerprint density at radius 3 is 2.58 bits per heavy atom. The Morgan fingerprint density at radius 1 is 1.26 bits per heavy atom. The molecule has 2 aliphatic carbocycles. The largest absolute Gasteiger partial charge is 0.496 e. The van der Waals surface area contributed by atoms with Gasteiger partial charge in [0.1, 0.15) is 5.76 Å². The van der Waals surface area contributed by atoms with E-state index in [1.807, 2.05) is 6.92 Å². The van der Waals surface area contributed by atoms with E-state index in [2.05, 4.69) is 0 Å². The van der Waals surface area contributed by atoms with Crippen molar-refractivity contribution in [3.63, 3.8) is 0 Å². The van der Waals surface area contributed by atoms with Crippen LogP contribution in [0.25, 0.3) is 0 Å². The maximum absolute atomic E-state index is 12.7. The van der Waals surface area contributed by atoms with E-state index < -0.39 is 11.4 Å². The Kier molecular flexibility index (Phi) is 3.42. The van der Waals surface area contributed by atoms with E-state index in [0.717, 1.165) is 0 Å². The second-order valence-corrected chi connectivity index (χ2v) is 4.32. The van der Waals surface area contributed by atoms with Crippen LogP contribution in [0, 0.1) is 5.41 Å². The van der Waals surface area contributed by atoms with Gasteiger partial charge in [-0.3, -0.25) is 9.59 Å². The molecule has 0 bridgehead atoms. The van der Waals surface area contributed by atoms with Crippen LogP contribution >= 0.6 is 0 Å². The minimum atomic E-state index is -1.39. The van der Waals surface area contributed by atoms with Gasteiger partial charge in [-0.25, -0.2) is 0 Å². The average Bonchev–Trinajstić information content (AvgIpc) is 2.59. The van der Waals surface area contributed by atoms with Crippen molar-refractivity contribution in [3.8, 4) is 0 Å². The molecule has 0 spiro atoms. The number of ketones is 1. The van der Waals surface area contributed by atoms with Crippen LogP contribution in [0.5, 0.6) is 0 Å². The summed E-state index contributed by atoms with van der Waals surface area (Å²) >= 11 is 0. The van der Waals surface area contributed by atoms with Gasteiger partial charge in [-0.1, -0.05) is 37.3 Å². The summed E-state index contributed by atoms with van der Waals surface area (Å²) in [6.45, 7) is 1.86. The second kappa shape index (κ2) is 4.88. The fourth-order valence-electron chi connectivity index (χ4n) is 2.58. The van der Waals surface area contributed by atoms with E-state index >= 15 is 0 Å². The van der Waals surface area contributed by atoms with Gasteiger partial charge in [0.05, 0.1) is 14.2 Å². The summed E-state index contributed by atoms with van der Waals surface area (Å²) < 4.78 is 10.2. The molecule has 4 nitrogen and oxygen atoms in total. The minimum Gasteiger partial charge on any atom is -0.496 e. The van der Waals surface area contributed by atoms with Crippen molar-refractivity contribution in [2.75, 3.05) is 14.2 Å². The van der Waals surface area contributed by atoms with E-state index in [0.29, 0.717) is 23.3 Å². The summed E-state index contributed by atoms with van der Waals surface area (Å²) in [5.41, 5.74) is -0.317. The highest BCUT2D eigenvalue weighted by Gasteiger charge is 2.56. The molecule has 0 aliphatic heterocycles. The normalized spacial score (nSPS) is 25.0. The molecule has 2 rings (SSSR count).